The van der Waals surface area contributed by atoms with Crippen molar-refractivity contribution in [3.63, 3.8) is 0 Å². The van der Waals surface area contributed by atoms with Crippen molar-refractivity contribution >= 4 is 34.4 Å². The van der Waals surface area contributed by atoms with Crippen molar-refractivity contribution in [2.75, 3.05) is 11.1 Å². The number of hydrogen-bond donors (Lipinski definition) is 2. The van der Waals surface area contributed by atoms with Crippen LogP contribution in [0.5, 0.6) is 0 Å². The summed E-state index contributed by atoms with van der Waals surface area (Å²) < 4.78 is 1.68. The molecule has 0 radical (unpaired) electrons. The summed E-state index contributed by atoms with van der Waals surface area (Å²) in [5, 5.41) is 3.60. The molecule has 0 spiro atoms. The minimum absolute atomic E-state index is 0.0790. The van der Waals surface area contributed by atoms with E-state index >= 15 is 0 Å². The van der Waals surface area contributed by atoms with Crippen molar-refractivity contribution in [2.45, 2.75) is 59.2 Å². The predicted molar refractivity (Wildman–Crippen MR) is 120 cm³/mol. The van der Waals surface area contributed by atoms with Crippen LogP contribution in [0.25, 0.3) is 11.0 Å². The highest BCUT2D eigenvalue weighted by Crippen LogP contribution is 2.23. The van der Waals surface area contributed by atoms with Gasteiger partial charge in [0, 0.05) is 17.9 Å². The molecule has 0 saturated carbocycles. The normalized spacial score (nSPS) is 11.2. The Labute approximate surface area is 175 Å². The largest absolute Gasteiger partial charge is 0.353 e. The summed E-state index contributed by atoms with van der Waals surface area (Å²) in [5.74, 6) is 0.0898. The molecule has 0 saturated heterocycles. The van der Waals surface area contributed by atoms with Gasteiger partial charge in [0.2, 0.25) is 5.91 Å². The van der Waals surface area contributed by atoms with E-state index in [2.05, 4.69) is 34.3 Å². The van der Waals surface area contributed by atoms with Crippen LogP contribution in [0, 0.1) is 27.7 Å². The molecule has 0 fully saturated rings. The highest BCUT2D eigenvalue weighted by Gasteiger charge is 2.15. The highest BCUT2D eigenvalue weighted by atomic mass is 32.2. The molecule has 2 heterocycles. The monoisotopic (exact) mass is 412 g/mol. The topological polar surface area (TPSA) is 79.8 Å². The van der Waals surface area contributed by atoms with Gasteiger partial charge < -0.3 is 10.3 Å². The van der Waals surface area contributed by atoms with Gasteiger partial charge >= 0.3 is 0 Å². The van der Waals surface area contributed by atoms with Gasteiger partial charge in [-0.05, 0) is 51.3 Å². The van der Waals surface area contributed by atoms with Gasteiger partial charge in [-0.2, -0.15) is 0 Å². The number of H-pyrrole nitrogens is 1. The number of rotatable bonds is 7. The first-order valence-corrected chi connectivity index (χ1v) is 10.9. The maximum atomic E-state index is 12.9. The quantitative estimate of drug-likeness (QED) is 0.443. The SMILES string of the molecule is CCCCn1c(SCC(=O)Nc2c(C)cc(C)cc2C)nc2cc(C)[nH]c2c1=O. The number of amides is 1. The zero-order chi connectivity index (χ0) is 21.1. The first kappa shape index (κ1) is 21.2. The fraction of sp³-hybridized carbons (Fsp3) is 0.409. The van der Waals surface area contributed by atoms with Crippen LogP contribution in [0.1, 0.15) is 42.1 Å². The van der Waals surface area contributed by atoms with E-state index in [-0.39, 0.29) is 17.2 Å². The van der Waals surface area contributed by atoms with E-state index in [0.29, 0.717) is 22.7 Å². The number of carbonyl (C=O) groups excluding carboxylic acids is 1. The molecule has 0 bridgehead atoms. The Morgan fingerprint density at radius 1 is 1.17 bits per heavy atom. The van der Waals surface area contributed by atoms with Gasteiger partial charge in [-0.15, -0.1) is 0 Å². The maximum Gasteiger partial charge on any atom is 0.278 e. The smallest absolute Gasteiger partial charge is 0.278 e. The molecule has 6 nitrogen and oxygen atoms in total. The third-order valence-corrected chi connectivity index (χ3v) is 5.82. The minimum atomic E-state index is -0.105. The average molecular weight is 413 g/mol. The van der Waals surface area contributed by atoms with Gasteiger partial charge in [-0.1, -0.05) is 42.8 Å². The molecule has 1 amide bonds. The Bertz CT molecular complexity index is 1090. The molecule has 3 aromatic rings. The van der Waals surface area contributed by atoms with Crippen molar-refractivity contribution in [2.24, 2.45) is 0 Å². The fourth-order valence-electron chi connectivity index (χ4n) is 3.52. The summed E-state index contributed by atoms with van der Waals surface area (Å²) in [6.45, 7) is 10.6. The molecular formula is C22H28N4O2S. The maximum absolute atomic E-state index is 12.9. The number of fused-ring (bicyclic) bond motifs is 1. The van der Waals surface area contributed by atoms with Crippen LogP contribution in [-0.4, -0.2) is 26.2 Å². The van der Waals surface area contributed by atoms with E-state index in [0.717, 1.165) is 35.3 Å². The van der Waals surface area contributed by atoms with Crippen molar-refractivity contribution in [1.29, 1.82) is 0 Å². The second-order valence-corrected chi connectivity index (χ2v) is 8.47. The van der Waals surface area contributed by atoms with Crippen molar-refractivity contribution < 1.29 is 4.79 Å². The first-order chi connectivity index (χ1) is 13.8. The molecule has 29 heavy (non-hydrogen) atoms. The van der Waals surface area contributed by atoms with E-state index in [1.165, 1.54) is 17.3 Å². The van der Waals surface area contributed by atoms with Crippen LogP contribution in [0.4, 0.5) is 5.69 Å². The number of unbranched alkanes of at least 4 members (excludes halogenated alkanes) is 1. The summed E-state index contributed by atoms with van der Waals surface area (Å²) >= 11 is 1.30. The van der Waals surface area contributed by atoms with E-state index < -0.39 is 0 Å². The Morgan fingerprint density at radius 2 is 1.86 bits per heavy atom. The molecule has 0 aliphatic carbocycles. The van der Waals surface area contributed by atoms with Crippen LogP contribution in [0.15, 0.2) is 28.2 Å². The van der Waals surface area contributed by atoms with Crippen molar-refractivity contribution in [3.05, 3.63) is 50.9 Å². The molecule has 7 heteroatoms. The van der Waals surface area contributed by atoms with Crippen LogP contribution < -0.4 is 10.9 Å². The fourth-order valence-corrected chi connectivity index (χ4v) is 4.34. The molecule has 0 unspecified atom stereocenters. The number of nitrogens with one attached hydrogen (secondary N) is 2. The number of aromatic nitrogens is 3. The Kier molecular flexibility index (Phi) is 6.47. The van der Waals surface area contributed by atoms with Crippen LogP contribution in [0.2, 0.25) is 0 Å². The summed E-state index contributed by atoms with van der Waals surface area (Å²) in [5.41, 5.74) is 6.11. The number of carbonyl (C=O) groups is 1. The number of aromatic amines is 1. The lowest BCUT2D eigenvalue weighted by atomic mass is 10.1. The van der Waals surface area contributed by atoms with Gasteiger partial charge in [0.15, 0.2) is 5.16 Å². The number of nitrogens with zero attached hydrogens (tertiary/aromatic N) is 2. The van der Waals surface area contributed by atoms with E-state index in [4.69, 9.17) is 0 Å². The van der Waals surface area contributed by atoms with Gasteiger partial charge in [-0.3, -0.25) is 14.2 Å². The summed E-state index contributed by atoms with van der Waals surface area (Å²) in [6.07, 6.45) is 1.86. The van der Waals surface area contributed by atoms with Gasteiger partial charge in [-0.25, -0.2) is 4.98 Å². The van der Waals surface area contributed by atoms with Crippen molar-refractivity contribution in [1.82, 2.24) is 14.5 Å². The molecule has 154 valence electrons. The van der Waals surface area contributed by atoms with Gasteiger partial charge in [0.1, 0.15) is 5.52 Å². The number of hydrogen-bond acceptors (Lipinski definition) is 4. The van der Waals surface area contributed by atoms with E-state index in [1.54, 1.807) is 4.57 Å². The third-order valence-electron chi connectivity index (χ3n) is 4.85. The van der Waals surface area contributed by atoms with Crippen LogP contribution in [0.3, 0.4) is 0 Å². The minimum Gasteiger partial charge on any atom is -0.353 e. The molecule has 2 aromatic heterocycles. The summed E-state index contributed by atoms with van der Waals surface area (Å²) in [4.78, 5) is 33.3. The lowest BCUT2D eigenvalue weighted by Crippen LogP contribution is -2.24. The Hall–Kier alpha value is -2.54. The second kappa shape index (κ2) is 8.86. The number of aryl methyl sites for hydroxylation is 4. The number of anilines is 1. The predicted octanol–water partition coefficient (Wildman–Crippen LogP) is 4.49. The molecule has 1 aromatic carbocycles. The first-order valence-electron chi connectivity index (χ1n) is 9.90. The molecule has 0 atom stereocenters. The van der Waals surface area contributed by atoms with Crippen molar-refractivity contribution in [3.8, 4) is 0 Å². The average Bonchev–Trinajstić information content (AvgIpc) is 3.03. The Balaban J connectivity index is 1.82. The van der Waals surface area contributed by atoms with Crippen LogP contribution in [-0.2, 0) is 11.3 Å². The summed E-state index contributed by atoms with van der Waals surface area (Å²) in [6, 6.07) is 5.98. The lowest BCUT2D eigenvalue weighted by molar-refractivity contribution is -0.113. The molecule has 2 N–H and O–H groups in total. The van der Waals surface area contributed by atoms with Crippen LogP contribution >= 0.6 is 11.8 Å². The highest BCUT2D eigenvalue weighted by molar-refractivity contribution is 7.99. The molecular weight excluding hydrogens is 384 g/mol. The zero-order valence-corrected chi connectivity index (χ0v) is 18.5. The van der Waals surface area contributed by atoms with E-state index in [1.807, 2.05) is 33.8 Å². The van der Waals surface area contributed by atoms with E-state index in [9.17, 15) is 9.59 Å². The third kappa shape index (κ3) is 4.72. The lowest BCUT2D eigenvalue weighted by Gasteiger charge is -2.14. The molecule has 0 aliphatic rings. The zero-order valence-electron chi connectivity index (χ0n) is 17.7. The van der Waals surface area contributed by atoms with Gasteiger partial charge in [0.25, 0.3) is 5.56 Å². The second-order valence-electron chi connectivity index (χ2n) is 7.53. The van der Waals surface area contributed by atoms with Gasteiger partial charge in [0.05, 0.1) is 11.3 Å². The summed E-state index contributed by atoms with van der Waals surface area (Å²) in [7, 11) is 0. The molecule has 0 aliphatic heterocycles. The Morgan fingerprint density at radius 3 is 2.52 bits per heavy atom. The number of thioether (sulfide) groups is 1. The standard InChI is InChI=1S/C22H28N4O2S/c1-6-7-8-26-21(28)20-17(11-16(5)23-20)24-22(26)29-12-18(27)25-19-14(3)9-13(2)10-15(19)4/h9-11,23H,6-8,12H2,1-5H3,(H,25,27). The molecule has 3 rings (SSSR count). The number of benzene rings is 1.